The van der Waals surface area contributed by atoms with E-state index in [0.29, 0.717) is 11.7 Å². The van der Waals surface area contributed by atoms with Crippen LogP contribution in [0.2, 0.25) is 18.2 Å². The SMILES string of the molecule is C[SiH](C)OC(C1CN(Cc2cnc3ccoc3c2)c2nc(N)nc(Cl)c21)C(C)(C)C. The summed E-state index contributed by atoms with van der Waals surface area (Å²) in [6, 6.07) is 3.87. The van der Waals surface area contributed by atoms with E-state index in [-0.39, 0.29) is 23.4 Å². The Morgan fingerprint density at radius 3 is 2.83 bits per heavy atom. The van der Waals surface area contributed by atoms with Crippen LogP contribution in [0.15, 0.2) is 29.0 Å². The summed E-state index contributed by atoms with van der Waals surface area (Å²) in [6.07, 6.45) is 3.52. The number of hydrogen-bond donors (Lipinski definition) is 1. The maximum atomic E-state index is 6.60. The third-order valence-corrected chi connectivity index (χ3v) is 6.48. The number of nitrogens with zero attached hydrogens (tertiary/aromatic N) is 4. The molecule has 4 heterocycles. The average Bonchev–Trinajstić information content (AvgIpc) is 3.23. The van der Waals surface area contributed by atoms with Crippen LogP contribution in [0.25, 0.3) is 11.1 Å². The summed E-state index contributed by atoms with van der Waals surface area (Å²) in [6.45, 7) is 12.4. The van der Waals surface area contributed by atoms with Crippen molar-refractivity contribution in [2.24, 2.45) is 5.41 Å². The van der Waals surface area contributed by atoms with Crippen LogP contribution in [0.1, 0.15) is 37.8 Å². The summed E-state index contributed by atoms with van der Waals surface area (Å²) < 4.78 is 12.0. The van der Waals surface area contributed by atoms with Crippen LogP contribution in [0.4, 0.5) is 11.8 Å². The first-order valence-corrected chi connectivity index (χ1v) is 13.3. The van der Waals surface area contributed by atoms with E-state index in [0.717, 1.165) is 34.6 Å². The summed E-state index contributed by atoms with van der Waals surface area (Å²) in [7, 11) is -1.28. The molecule has 0 amide bonds. The minimum absolute atomic E-state index is 0.00307. The average molecular weight is 446 g/mol. The van der Waals surface area contributed by atoms with Crippen LogP contribution in [-0.4, -0.2) is 36.6 Å². The van der Waals surface area contributed by atoms with Gasteiger partial charge in [-0.3, -0.25) is 4.98 Å². The lowest BCUT2D eigenvalue weighted by atomic mass is 9.79. The van der Waals surface area contributed by atoms with Gasteiger partial charge in [0.2, 0.25) is 5.95 Å². The van der Waals surface area contributed by atoms with Gasteiger partial charge in [0, 0.05) is 36.8 Å². The highest BCUT2D eigenvalue weighted by molar-refractivity contribution is 6.48. The fourth-order valence-electron chi connectivity index (χ4n) is 4.20. The number of nitrogens with two attached hydrogens (primary N) is 1. The van der Waals surface area contributed by atoms with Crippen LogP contribution in [0.3, 0.4) is 0 Å². The van der Waals surface area contributed by atoms with Gasteiger partial charge < -0.3 is 19.5 Å². The number of anilines is 2. The molecule has 2 unspecified atom stereocenters. The van der Waals surface area contributed by atoms with Crippen molar-refractivity contribution >= 4 is 43.5 Å². The van der Waals surface area contributed by atoms with Crippen molar-refractivity contribution in [1.29, 1.82) is 0 Å². The third kappa shape index (κ3) is 4.04. The van der Waals surface area contributed by atoms with Crippen molar-refractivity contribution in [2.75, 3.05) is 17.2 Å². The molecular weight excluding hydrogens is 418 g/mol. The molecule has 0 saturated heterocycles. The third-order valence-electron chi connectivity index (χ3n) is 5.35. The standard InChI is InChI=1S/C21H28ClN5O2Si/c1-21(2,3)17(29-30(4)5)13-11-27(19-16(13)18(22)25-20(23)26-19)10-12-8-15-14(24-9-12)6-7-28-15/h6-9,13,17,30H,10-11H2,1-5H3,(H2,23,25,26). The Kier molecular flexibility index (Phi) is 5.50. The molecule has 30 heavy (non-hydrogen) atoms. The Hall–Kier alpha value is -2.16. The highest BCUT2D eigenvalue weighted by atomic mass is 35.5. The van der Waals surface area contributed by atoms with E-state index in [1.54, 1.807) is 6.26 Å². The molecule has 7 nitrogen and oxygen atoms in total. The first-order chi connectivity index (χ1) is 14.1. The Morgan fingerprint density at radius 2 is 2.13 bits per heavy atom. The number of hydrogen-bond acceptors (Lipinski definition) is 7. The fourth-order valence-corrected chi connectivity index (χ4v) is 5.69. The first-order valence-electron chi connectivity index (χ1n) is 10.2. The van der Waals surface area contributed by atoms with Crippen molar-refractivity contribution in [3.63, 3.8) is 0 Å². The largest absolute Gasteiger partial charge is 0.463 e. The number of halogens is 1. The minimum atomic E-state index is -1.28. The molecule has 0 fully saturated rings. The van der Waals surface area contributed by atoms with Gasteiger partial charge in [-0.2, -0.15) is 4.98 Å². The lowest BCUT2D eigenvalue weighted by Crippen LogP contribution is -2.40. The molecule has 1 aliphatic heterocycles. The molecule has 0 saturated carbocycles. The Labute approximate surface area is 183 Å². The molecule has 1 aliphatic rings. The Morgan fingerprint density at radius 1 is 1.37 bits per heavy atom. The van der Waals surface area contributed by atoms with Crippen LogP contribution >= 0.6 is 11.6 Å². The predicted molar refractivity (Wildman–Crippen MR) is 122 cm³/mol. The van der Waals surface area contributed by atoms with Gasteiger partial charge in [-0.15, -0.1) is 0 Å². The second-order valence-electron chi connectivity index (χ2n) is 9.22. The van der Waals surface area contributed by atoms with Crippen molar-refractivity contribution in [3.8, 4) is 0 Å². The topological polar surface area (TPSA) is 90.3 Å². The number of nitrogen functional groups attached to an aromatic ring is 1. The summed E-state index contributed by atoms with van der Waals surface area (Å²) in [5.41, 5.74) is 9.46. The van der Waals surface area contributed by atoms with Gasteiger partial charge in [-0.1, -0.05) is 32.4 Å². The summed E-state index contributed by atoms with van der Waals surface area (Å²) in [5.74, 6) is 1.01. The number of furan rings is 1. The number of aromatic nitrogens is 3. The molecule has 0 aromatic carbocycles. The number of fused-ring (bicyclic) bond motifs is 2. The molecular formula is C21H28ClN5O2Si. The van der Waals surface area contributed by atoms with Gasteiger partial charge in [-0.25, -0.2) is 4.98 Å². The molecule has 3 aromatic heterocycles. The molecule has 3 aromatic rings. The Bertz CT molecular complexity index is 1070. The maximum Gasteiger partial charge on any atom is 0.223 e. The summed E-state index contributed by atoms with van der Waals surface area (Å²) in [5, 5.41) is 0.410. The zero-order valence-electron chi connectivity index (χ0n) is 18.0. The number of rotatable bonds is 5. The Balaban J connectivity index is 1.73. The fraction of sp³-hybridized carbons (Fsp3) is 0.476. The van der Waals surface area contributed by atoms with Crippen LogP contribution in [0.5, 0.6) is 0 Å². The lowest BCUT2D eigenvalue weighted by Gasteiger charge is -2.37. The van der Waals surface area contributed by atoms with Gasteiger partial charge in [0.15, 0.2) is 14.6 Å². The second-order valence-corrected chi connectivity index (χ2v) is 11.9. The van der Waals surface area contributed by atoms with E-state index in [2.05, 4.69) is 53.7 Å². The van der Waals surface area contributed by atoms with E-state index in [1.807, 2.05) is 18.3 Å². The quantitative estimate of drug-likeness (QED) is 0.460. The number of pyridine rings is 1. The van der Waals surface area contributed by atoms with Crippen molar-refractivity contribution in [3.05, 3.63) is 40.9 Å². The van der Waals surface area contributed by atoms with Gasteiger partial charge in [-0.05, 0) is 30.1 Å². The van der Waals surface area contributed by atoms with Crippen LogP contribution in [0, 0.1) is 5.41 Å². The summed E-state index contributed by atoms with van der Waals surface area (Å²) >= 11 is 6.60. The van der Waals surface area contributed by atoms with Crippen LogP contribution < -0.4 is 10.6 Å². The zero-order chi connectivity index (χ0) is 21.6. The van der Waals surface area contributed by atoms with Crippen LogP contribution in [-0.2, 0) is 11.0 Å². The molecule has 4 rings (SSSR count). The molecule has 2 atom stereocenters. The van der Waals surface area contributed by atoms with Gasteiger partial charge >= 0.3 is 0 Å². The molecule has 0 radical (unpaired) electrons. The van der Waals surface area contributed by atoms with Gasteiger partial charge in [0.25, 0.3) is 0 Å². The smallest absolute Gasteiger partial charge is 0.223 e. The van der Waals surface area contributed by atoms with Gasteiger partial charge in [0.05, 0.1) is 12.4 Å². The second kappa shape index (κ2) is 7.83. The molecule has 0 bridgehead atoms. The van der Waals surface area contributed by atoms with Crippen molar-refractivity contribution < 1.29 is 8.84 Å². The molecule has 160 valence electrons. The first kappa shape index (κ1) is 21.1. The van der Waals surface area contributed by atoms with Crippen molar-refractivity contribution in [1.82, 2.24) is 15.0 Å². The predicted octanol–water partition coefficient (Wildman–Crippen LogP) is 4.37. The van der Waals surface area contributed by atoms with Crippen molar-refractivity contribution in [2.45, 2.75) is 52.4 Å². The molecule has 0 spiro atoms. The highest BCUT2D eigenvalue weighted by Gasteiger charge is 2.43. The van der Waals surface area contributed by atoms with E-state index in [1.165, 1.54) is 0 Å². The minimum Gasteiger partial charge on any atom is -0.463 e. The molecule has 2 N–H and O–H groups in total. The molecule has 9 heteroatoms. The van der Waals surface area contributed by atoms with E-state index in [9.17, 15) is 0 Å². The van der Waals surface area contributed by atoms with E-state index < -0.39 is 9.04 Å². The lowest BCUT2D eigenvalue weighted by molar-refractivity contribution is 0.0648. The summed E-state index contributed by atoms with van der Waals surface area (Å²) in [4.78, 5) is 15.5. The zero-order valence-corrected chi connectivity index (χ0v) is 19.9. The van der Waals surface area contributed by atoms with E-state index in [4.69, 9.17) is 26.2 Å². The normalized spacial score (nSPS) is 17.7. The van der Waals surface area contributed by atoms with E-state index >= 15 is 0 Å². The molecule has 0 aliphatic carbocycles. The van der Waals surface area contributed by atoms with Gasteiger partial charge in [0.1, 0.15) is 16.5 Å². The highest BCUT2D eigenvalue weighted by Crippen LogP contribution is 2.46. The maximum absolute atomic E-state index is 6.60. The monoisotopic (exact) mass is 445 g/mol.